The number of H-pyrrole nitrogens is 1. The van der Waals surface area contributed by atoms with Crippen molar-refractivity contribution in [2.75, 3.05) is 12.3 Å². The van der Waals surface area contributed by atoms with Gasteiger partial charge in [0, 0.05) is 18.4 Å². The predicted molar refractivity (Wildman–Crippen MR) is 101 cm³/mol. The SMILES string of the molecule is N#Cc1ccccc1-c1ccc2c(c1)nc(N)c1[nH]c(CCCO)nc12. The molecule has 26 heavy (non-hydrogen) atoms. The van der Waals surface area contributed by atoms with Gasteiger partial charge in [-0.3, -0.25) is 0 Å². The summed E-state index contributed by atoms with van der Waals surface area (Å²) in [6.45, 7) is 0.118. The molecule has 2 heterocycles. The molecule has 0 saturated carbocycles. The zero-order valence-electron chi connectivity index (χ0n) is 14.0. The van der Waals surface area contributed by atoms with Crippen LogP contribution in [0.1, 0.15) is 17.8 Å². The number of pyridine rings is 1. The van der Waals surface area contributed by atoms with E-state index in [-0.39, 0.29) is 6.61 Å². The third-order valence-electron chi connectivity index (χ3n) is 4.43. The maximum Gasteiger partial charge on any atom is 0.150 e. The van der Waals surface area contributed by atoms with E-state index < -0.39 is 0 Å². The van der Waals surface area contributed by atoms with Gasteiger partial charge in [-0.15, -0.1) is 0 Å². The van der Waals surface area contributed by atoms with E-state index in [0.29, 0.717) is 24.2 Å². The highest BCUT2D eigenvalue weighted by molar-refractivity contribution is 6.07. The van der Waals surface area contributed by atoms with Crippen LogP contribution in [0.25, 0.3) is 33.1 Å². The van der Waals surface area contributed by atoms with E-state index in [9.17, 15) is 5.26 Å². The predicted octanol–water partition coefficient (Wildman–Crippen LogP) is 3.16. The Balaban J connectivity index is 1.89. The number of hydrogen-bond donors (Lipinski definition) is 3. The zero-order chi connectivity index (χ0) is 18.1. The highest BCUT2D eigenvalue weighted by Gasteiger charge is 2.13. The average molecular weight is 343 g/mol. The number of fused-ring (bicyclic) bond motifs is 3. The quantitative estimate of drug-likeness (QED) is 0.527. The first kappa shape index (κ1) is 16.1. The number of anilines is 1. The second-order valence-electron chi connectivity index (χ2n) is 6.12. The topological polar surface area (TPSA) is 112 Å². The molecule has 4 aromatic rings. The molecule has 0 aliphatic carbocycles. The molecule has 0 atom stereocenters. The first-order valence-corrected chi connectivity index (χ1v) is 8.39. The summed E-state index contributed by atoms with van der Waals surface area (Å²) in [7, 11) is 0. The van der Waals surface area contributed by atoms with Crippen LogP contribution in [-0.2, 0) is 6.42 Å². The van der Waals surface area contributed by atoms with Gasteiger partial charge in [0.05, 0.1) is 17.1 Å². The number of aliphatic hydroxyl groups is 1. The molecule has 0 amide bonds. The standard InChI is InChI=1S/C20H17N5O/c21-11-13-4-1-2-5-14(13)12-7-8-15-16(10-12)23-20(22)19-18(15)24-17(25-19)6-3-9-26/h1-2,4-5,7-8,10,26H,3,6,9H2,(H2,22,23)(H,24,25). The first-order chi connectivity index (χ1) is 12.7. The monoisotopic (exact) mass is 343 g/mol. The number of nitrogens with two attached hydrogens (primary N) is 1. The Kier molecular flexibility index (Phi) is 3.99. The molecular weight excluding hydrogens is 326 g/mol. The number of aromatic amines is 1. The molecule has 6 nitrogen and oxygen atoms in total. The van der Waals surface area contributed by atoms with E-state index in [0.717, 1.165) is 38.9 Å². The van der Waals surface area contributed by atoms with Crippen molar-refractivity contribution in [3.63, 3.8) is 0 Å². The van der Waals surface area contributed by atoms with Crippen LogP contribution in [-0.4, -0.2) is 26.7 Å². The second kappa shape index (κ2) is 6.47. The number of nitrogen functional groups attached to an aromatic ring is 1. The van der Waals surface area contributed by atoms with Crippen LogP contribution in [0.2, 0.25) is 0 Å². The molecule has 0 unspecified atom stereocenters. The van der Waals surface area contributed by atoms with Crippen LogP contribution in [0.5, 0.6) is 0 Å². The van der Waals surface area contributed by atoms with E-state index in [4.69, 9.17) is 10.8 Å². The van der Waals surface area contributed by atoms with Gasteiger partial charge in [-0.25, -0.2) is 9.97 Å². The van der Waals surface area contributed by atoms with Crippen molar-refractivity contribution in [2.45, 2.75) is 12.8 Å². The van der Waals surface area contributed by atoms with Gasteiger partial charge >= 0.3 is 0 Å². The Labute approximate surface area is 149 Å². The van der Waals surface area contributed by atoms with E-state index >= 15 is 0 Å². The van der Waals surface area contributed by atoms with Gasteiger partial charge in [-0.2, -0.15) is 5.26 Å². The fraction of sp³-hybridized carbons (Fsp3) is 0.150. The van der Waals surface area contributed by atoms with Crippen molar-refractivity contribution in [2.24, 2.45) is 0 Å². The average Bonchev–Trinajstić information content (AvgIpc) is 3.11. The molecule has 2 aromatic heterocycles. The van der Waals surface area contributed by atoms with E-state index in [1.54, 1.807) is 6.07 Å². The minimum atomic E-state index is 0.118. The molecule has 0 aliphatic heterocycles. The molecule has 6 heteroatoms. The van der Waals surface area contributed by atoms with Gasteiger partial charge in [-0.1, -0.05) is 24.3 Å². The minimum Gasteiger partial charge on any atom is -0.396 e. The van der Waals surface area contributed by atoms with Crippen molar-refractivity contribution in [3.8, 4) is 17.2 Å². The molecule has 0 aliphatic rings. The molecule has 4 N–H and O–H groups in total. The third kappa shape index (κ3) is 2.65. The lowest BCUT2D eigenvalue weighted by atomic mass is 9.99. The number of benzene rings is 2. The highest BCUT2D eigenvalue weighted by Crippen LogP contribution is 2.31. The molecule has 0 fully saturated rings. The van der Waals surface area contributed by atoms with Crippen molar-refractivity contribution >= 4 is 27.8 Å². The lowest BCUT2D eigenvalue weighted by Gasteiger charge is -2.07. The summed E-state index contributed by atoms with van der Waals surface area (Å²) >= 11 is 0. The summed E-state index contributed by atoms with van der Waals surface area (Å²) in [5, 5.41) is 19.2. The maximum absolute atomic E-state index is 9.33. The van der Waals surface area contributed by atoms with E-state index in [1.165, 1.54) is 0 Å². The molecule has 4 rings (SSSR count). The van der Waals surface area contributed by atoms with E-state index in [1.807, 2.05) is 36.4 Å². The summed E-state index contributed by atoms with van der Waals surface area (Å²) < 4.78 is 0. The number of rotatable bonds is 4. The number of aliphatic hydroxyl groups excluding tert-OH is 1. The van der Waals surface area contributed by atoms with Crippen molar-refractivity contribution in [1.82, 2.24) is 15.0 Å². The smallest absolute Gasteiger partial charge is 0.150 e. The van der Waals surface area contributed by atoms with Crippen molar-refractivity contribution in [3.05, 3.63) is 53.9 Å². The number of aryl methyl sites for hydroxylation is 1. The van der Waals surface area contributed by atoms with Gasteiger partial charge in [0.1, 0.15) is 22.7 Å². The fourth-order valence-electron chi connectivity index (χ4n) is 3.18. The Hall–Kier alpha value is -3.43. The summed E-state index contributed by atoms with van der Waals surface area (Å²) in [5.74, 6) is 1.18. The van der Waals surface area contributed by atoms with Crippen LogP contribution in [0.4, 0.5) is 5.82 Å². The minimum absolute atomic E-state index is 0.118. The molecule has 2 aromatic carbocycles. The normalized spacial score (nSPS) is 11.1. The summed E-state index contributed by atoms with van der Waals surface area (Å²) in [6.07, 6.45) is 1.29. The second-order valence-corrected chi connectivity index (χ2v) is 6.12. The summed E-state index contributed by atoms with van der Waals surface area (Å²) in [4.78, 5) is 12.4. The van der Waals surface area contributed by atoms with Crippen LogP contribution in [0, 0.1) is 11.3 Å². The summed E-state index contributed by atoms with van der Waals surface area (Å²) in [5.41, 5.74) is 10.8. The number of nitriles is 1. The van der Waals surface area contributed by atoms with Crippen LogP contribution >= 0.6 is 0 Å². The van der Waals surface area contributed by atoms with Gasteiger partial charge < -0.3 is 15.8 Å². The Morgan fingerprint density at radius 1 is 1.15 bits per heavy atom. The van der Waals surface area contributed by atoms with Gasteiger partial charge in [0.25, 0.3) is 0 Å². The Morgan fingerprint density at radius 2 is 2.00 bits per heavy atom. The number of aromatic nitrogens is 3. The van der Waals surface area contributed by atoms with Gasteiger partial charge in [0.15, 0.2) is 0 Å². The molecule has 0 saturated heterocycles. The van der Waals surface area contributed by atoms with Crippen molar-refractivity contribution < 1.29 is 5.11 Å². The third-order valence-corrected chi connectivity index (χ3v) is 4.43. The number of hydrogen-bond acceptors (Lipinski definition) is 5. The summed E-state index contributed by atoms with van der Waals surface area (Å²) in [6, 6.07) is 15.6. The highest BCUT2D eigenvalue weighted by atomic mass is 16.2. The van der Waals surface area contributed by atoms with Crippen LogP contribution < -0.4 is 5.73 Å². The molecular formula is C20H17N5O. The Bertz CT molecular complexity index is 1160. The molecule has 0 spiro atoms. The van der Waals surface area contributed by atoms with Gasteiger partial charge in [0.2, 0.25) is 0 Å². The lowest BCUT2D eigenvalue weighted by molar-refractivity contribution is 0.287. The maximum atomic E-state index is 9.33. The molecule has 128 valence electrons. The van der Waals surface area contributed by atoms with Gasteiger partial charge in [-0.05, 0) is 35.7 Å². The number of nitrogens with zero attached hydrogens (tertiary/aromatic N) is 3. The fourth-order valence-corrected chi connectivity index (χ4v) is 3.18. The molecule has 0 radical (unpaired) electrons. The first-order valence-electron chi connectivity index (χ1n) is 8.39. The lowest BCUT2D eigenvalue weighted by Crippen LogP contribution is -1.94. The van der Waals surface area contributed by atoms with Crippen molar-refractivity contribution in [1.29, 1.82) is 5.26 Å². The van der Waals surface area contributed by atoms with Crippen LogP contribution in [0.3, 0.4) is 0 Å². The van der Waals surface area contributed by atoms with E-state index in [2.05, 4.69) is 21.0 Å². The number of imidazole rings is 1. The largest absolute Gasteiger partial charge is 0.396 e. The number of nitrogens with one attached hydrogen (secondary N) is 1. The zero-order valence-corrected chi connectivity index (χ0v) is 14.0. The molecule has 0 bridgehead atoms. The van der Waals surface area contributed by atoms with Crippen LogP contribution in [0.15, 0.2) is 42.5 Å². The Morgan fingerprint density at radius 3 is 2.81 bits per heavy atom.